The SMILES string of the molecule is N#Cc1ccccc1NC(=O)C1(c2cccs2)CC1. The van der Waals surface area contributed by atoms with Crippen molar-refractivity contribution in [1.29, 1.82) is 5.26 Å². The molecule has 0 unspecified atom stereocenters. The molecule has 94 valence electrons. The first-order chi connectivity index (χ1) is 9.26. The summed E-state index contributed by atoms with van der Waals surface area (Å²) in [6.07, 6.45) is 1.77. The molecule has 0 radical (unpaired) electrons. The Labute approximate surface area is 115 Å². The Kier molecular flexibility index (Phi) is 2.84. The van der Waals surface area contributed by atoms with Crippen LogP contribution in [0, 0.1) is 11.3 Å². The van der Waals surface area contributed by atoms with Gasteiger partial charge in [0.1, 0.15) is 6.07 Å². The molecule has 1 aliphatic rings. The Hall–Kier alpha value is -2.12. The number of hydrogen-bond donors (Lipinski definition) is 1. The van der Waals surface area contributed by atoms with Gasteiger partial charge in [-0.2, -0.15) is 5.26 Å². The number of carbonyl (C=O) groups excluding carboxylic acids is 1. The maximum atomic E-state index is 12.4. The van der Waals surface area contributed by atoms with E-state index >= 15 is 0 Å². The molecule has 0 spiro atoms. The van der Waals surface area contributed by atoms with Gasteiger partial charge in [-0.15, -0.1) is 11.3 Å². The predicted molar refractivity (Wildman–Crippen MR) is 75.0 cm³/mol. The Morgan fingerprint density at radius 1 is 1.26 bits per heavy atom. The van der Waals surface area contributed by atoms with Crippen LogP contribution in [0.3, 0.4) is 0 Å². The topological polar surface area (TPSA) is 52.9 Å². The Morgan fingerprint density at radius 2 is 2.05 bits per heavy atom. The highest BCUT2D eigenvalue weighted by atomic mass is 32.1. The number of hydrogen-bond acceptors (Lipinski definition) is 3. The lowest BCUT2D eigenvalue weighted by Gasteiger charge is -2.14. The van der Waals surface area contributed by atoms with Crippen molar-refractivity contribution in [3.8, 4) is 6.07 Å². The second kappa shape index (κ2) is 4.52. The number of anilines is 1. The van der Waals surface area contributed by atoms with Gasteiger partial charge in [0, 0.05) is 4.88 Å². The van der Waals surface area contributed by atoms with E-state index in [1.54, 1.807) is 29.5 Å². The third kappa shape index (κ3) is 2.02. The predicted octanol–water partition coefficient (Wildman–Crippen LogP) is 3.29. The van der Waals surface area contributed by atoms with Crippen LogP contribution < -0.4 is 5.32 Å². The summed E-state index contributed by atoms with van der Waals surface area (Å²) in [6.45, 7) is 0. The van der Waals surface area contributed by atoms with Gasteiger partial charge in [-0.1, -0.05) is 18.2 Å². The lowest BCUT2D eigenvalue weighted by Crippen LogP contribution is -2.27. The summed E-state index contributed by atoms with van der Waals surface area (Å²) >= 11 is 1.62. The fraction of sp³-hybridized carbons (Fsp3) is 0.200. The summed E-state index contributed by atoms with van der Waals surface area (Å²) in [7, 11) is 0. The van der Waals surface area contributed by atoms with Crippen LogP contribution in [0.5, 0.6) is 0 Å². The van der Waals surface area contributed by atoms with E-state index in [4.69, 9.17) is 5.26 Å². The molecular formula is C15H12N2OS. The average molecular weight is 268 g/mol. The van der Waals surface area contributed by atoms with E-state index in [1.165, 1.54) is 0 Å². The van der Waals surface area contributed by atoms with Crippen LogP contribution in [-0.2, 0) is 10.2 Å². The molecule has 3 rings (SSSR count). The van der Waals surface area contributed by atoms with Crippen molar-refractivity contribution < 1.29 is 4.79 Å². The fourth-order valence-corrected chi connectivity index (χ4v) is 3.18. The zero-order chi connectivity index (χ0) is 13.3. The number of nitrogens with one attached hydrogen (secondary N) is 1. The number of benzene rings is 1. The van der Waals surface area contributed by atoms with Crippen LogP contribution in [0.15, 0.2) is 41.8 Å². The summed E-state index contributed by atoms with van der Waals surface area (Å²) in [4.78, 5) is 13.6. The smallest absolute Gasteiger partial charge is 0.235 e. The van der Waals surface area contributed by atoms with E-state index in [0.29, 0.717) is 11.3 Å². The molecule has 1 saturated carbocycles. The van der Waals surface area contributed by atoms with Crippen LogP contribution in [0.1, 0.15) is 23.3 Å². The molecule has 19 heavy (non-hydrogen) atoms. The van der Waals surface area contributed by atoms with Gasteiger partial charge in [0.05, 0.1) is 16.7 Å². The molecule has 0 bridgehead atoms. The molecule has 1 aromatic carbocycles. The molecule has 2 aromatic rings. The number of amides is 1. The van der Waals surface area contributed by atoms with Gasteiger partial charge in [-0.05, 0) is 36.4 Å². The van der Waals surface area contributed by atoms with Gasteiger partial charge in [-0.3, -0.25) is 4.79 Å². The molecule has 0 aliphatic heterocycles. The number of rotatable bonds is 3. The van der Waals surface area contributed by atoms with E-state index in [0.717, 1.165) is 17.7 Å². The highest BCUT2D eigenvalue weighted by molar-refractivity contribution is 7.10. The van der Waals surface area contributed by atoms with Gasteiger partial charge < -0.3 is 5.32 Å². The van der Waals surface area contributed by atoms with Gasteiger partial charge in [0.25, 0.3) is 0 Å². The fourth-order valence-electron chi connectivity index (χ4n) is 2.19. The molecule has 1 fully saturated rings. The number of para-hydroxylation sites is 1. The van der Waals surface area contributed by atoms with Crippen molar-refractivity contribution in [1.82, 2.24) is 0 Å². The average Bonchev–Trinajstić information content (AvgIpc) is 3.07. The van der Waals surface area contributed by atoms with Crippen LogP contribution in [0.2, 0.25) is 0 Å². The zero-order valence-electron chi connectivity index (χ0n) is 10.2. The minimum Gasteiger partial charge on any atom is -0.324 e. The number of thiophene rings is 1. The lowest BCUT2D eigenvalue weighted by atomic mass is 10.0. The monoisotopic (exact) mass is 268 g/mol. The molecule has 0 atom stereocenters. The molecular weight excluding hydrogens is 256 g/mol. The van der Waals surface area contributed by atoms with Crippen molar-refractivity contribution in [3.05, 3.63) is 52.2 Å². The summed E-state index contributed by atoms with van der Waals surface area (Å²) < 4.78 is 0. The van der Waals surface area contributed by atoms with Crippen LogP contribution in [-0.4, -0.2) is 5.91 Å². The summed E-state index contributed by atoms with van der Waals surface area (Å²) in [5, 5.41) is 13.9. The molecule has 1 aliphatic carbocycles. The van der Waals surface area contributed by atoms with E-state index in [9.17, 15) is 4.79 Å². The van der Waals surface area contributed by atoms with E-state index in [2.05, 4.69) is 11.4 Å². The van der Waals surface area contributed by atoms with Crippen molar-refractivity contribution >= 4 is 22.9 Å². The van der Waals surface area contributed by atoms with Gasteiger partial charge in [-0.25, -0.2) is 0 Å². The molecule has 1 N–H and O–H groups in total. The summed E-state index contributed by atoms with van der Waals surface area (Å²) in [5.74, 6) is -0.00218. The van der Waals surface area contributed by atoms with Gasteiger partial charge >= 0.3 is 0 Å². The largest absolute Gasteiger partial charge is 0.324 e. The maximum absolute atomic E-state index is 12.4. The summed E-state index contributed by atoms with van der Waals surface area (Å²) in [6, 6.07) is 13.2. The summed E-state index contributed by atoms with van der Waals surface area (Å²) in [5.41, 5.74) is 0.729. The standard InChI is InChI=1S/C15H12N2OS/c16-10-11-4-1-2-5-12(11)17-14(18)15(7-8-15)13-6-3-9-19-13/h1-6,9H,7-8H2,(H,17,18). The van der Waals surface area contributed by atoms with Crippen LogP contribution in [0.4, 0.5) is 5.69 Å². The molecule has 3 nitrogen and oxygen atoms in total. The molecule has 1 amide bonds. The second-order valence-corrected chi connectivity index (χ2v) is 5.62. The minimum absolute atomic E-state index is 0.00218. The first-order valence-corrected chi connectivity index (χ1v) is 6.99. The maximum Gasteiger partial charge on any atom is 0.235 e. The Bertz CT molecular complexity index is 651. The van der Waals surface area contributed by atoms with Crippen molar-refractivity contribution in [2.45, 2.75) is 18.3 Å². The van der Waals surface area contributed by atoms with Crippen molar-refractivity contribution in [3.63, 3.8) is 0 Å². The minimum atomic E-state index is -0.364. The molecule has 0 saturated heterocycles. The Balaban J connectivity index is 1.85. The number of nitriles is 1. The van der Waals surface area contributed by atoms with Crippen LogP contribution in [0.25, 0.3) is 0 Å². The molecule has 4 heteroatoms. The van der Waals surface area contributed by atoms with Crippen molar-refractivity contribution in [2.24, 2.45) is 0 Å². The quantitative estimate of drug-likeness (QED) is 0.928. The second-order valence-electron chi connectivity index (χ2n) is 4.67. The third-order valence-corrected chi connectivity index (χ3v) is 4.55. The number of nitrogens with zero attached hydrogens (tertiary/aromatic N) is 1. The van der Waals surface area contributed by atoms with E-state index < -0.39 is 0 Å². The van der Waals surface area contributed by atoms with E-state index in [-0.39, 0.29) is 11.3 Å². The lowest BCUT2D eigenvalue weighted by molar-refractivity contribution is -0.118. The van der Waals surface area contributed by atoms with Crippen LogP contribution >= 0.6 is 11.3 Å². The highest BCUT2D eigenvalue weighted by Crippen LogP contribution is 2.50. The van der Waals surface area contributed by atoms with E-state index in [1.807, 2.05) is 23.6 Å². The Morgan fingerprint density at radius 3 is 2.68 bits per heavy atom. The van der Waals surface area contributed by atoms with Gasteiger partial charge in [0.2, 0.25) is 5.91 Å². The molecule has 1 aromatic heterocycles. The first-order valence-electron chi connectivity index (χ1n) is 6.11. The first kappa shape index (κ1) is 11.9. The van der Waals surface area contributed by atoms with Crippen molar-refractivity contribution in [2.75, 3.05) is 5.32 Å². The highest BCUT2D eigenvalue weighted by Gasteiger charge is 2.52. The normalized spacial score (nSPS) is 15.5. The molecule has 1 heterocycles. The zero-order valence-corrected chi connectivity index (χ0v) is 11.0. The van der Waals surface area contributed by atoms with Gasteiger partial charge in [0.15, 0.2) is 0 Å². The number of carbonyl (C=O) groups is 1. The third-order valence-electron chi connectivity index (χ3n) is 3.47.